The predicted octanol–water partition coefficient (Wildman–Crippen LogP) is 2.69. The summed E-state index contributed by atoms with van der Waals surface area (Å²) in [6.07, 6.45) is 7.33. The van der Waals surface area contributed by atoms with E-state index in [0.29, 0.717) is 5.92 Å². The van der Waals surface area contributed by atoms with E-state index in [9.17, 15) is 13.6 Å². The molecular weight excluding hydrogens is 250 g/mol. The first-order chi connectivity index (χ1) is 8.98. The zero-order valence-electron chi connectivity index (χ0n) is 11.8. The third-order valence-corrected chi connectivity index (χ3v) is 3.92. The van der Waals surface area contributed by atoms with Crippen LogP contribution in [-0.2, 0) is 4.79 Å². The quantitative estimate of drug-likeness (QED) is 0.716. The lowest BCUT2D eigenvalue weighted by atomic mass is 9.89. The minimum absolute atomic E-state index is 0.123. The highest BCUT2D eigenvalue weighted by atomic mass is 19.3. The van der Waals surface area contributed by atoms with Crippen molar-refractivity contribution in [3.63, 3.8) is 0 Å². The van der Waals surface area contributed by atoms with Gasteiger partial charge in [-0.1, -0.05) is 39.0 Å². The molecule has 0 aromatic heterocycles. The number of halogens is 2. The number of amides is 1. The van der Waals surface area contributed by atoms with E-state index in [0.717, 1.165) is 19.3 Å². The molecule has 1 amide bonds. The normalized spacial score (nSPS) is 18.5. The molecule has 5 heteroatoms. The molecule has 0 aromatic rings. The van der Waals surface area contributed by atoms with Gasteiger partial charge >= 0.3 is 0 Å². The molecule has 1 fully saturated rings. The van der Waals surface area contributed by atoms with Crippen LogP contribution in [0.2, 0.25) is 0 Å². The van der Waals surface area contributed by atoms with Crippen LogP contribution < -0.4 is 11.1 Å². The minimum atomic E-state index is -3.00. The molecule has 1 unspecified atom stereocenters. The number of nitrogens with two attached hydrogens (primary N) is 1. The van der Waals surface area contributed by atoms with Crippen LogP contribution in [-0.4, -0.2) is 24.9 Å². The van der Waals surface area contributed by atoms with Crippen molar-refractivity contribution in [1.82, 2.24) is 5.32 Å². The summed E-state index contributed by atoms with van der Waals surface area (Å²) in [5.41, 5.74) is 4.96. The molecule has 112 valence electrons. The number of carbonyl (C=O) groups excluding carboxylic acids is 1. The van der Waals surface area contributed by atoms with Gasteiger partial charge in [0.25, 0.3) is 5.92 Å². The van der Waals surface area contributed by atoms with Gasteiger partial charge in [0.15, 0.2) is 0 Å². The van der Waals surface area contributed by atoms with E-state index in [-0.39, 0.29) is 11.8 Å². The Morgan fingerprint density at radius 2 is 2.05 bits per heavy atom. The molecule has 0 bridgehead atoms. The van der Waals surface area contributed by atoms with Crippen LogP contribution >= 0.6 is 0 Å². The van der Waals surface area contributed by atoms with Crippen LogP contribution in [0.1, 0.15) is 51.9 Å². The number of alkyl halides is 2. The van der Waals surface area contributed by atoms with Crippen molar-refractivity contribution in [3.05, 3.63) is 0 Å². The standard InChI is InChI=1S/C14H26F2N2O/c1-2-5-12(8-11-6-3-4-7-11)13(19)18-10-14(15,16)9-17/h11-12H,2-10,17H2,1H3,(H,18,19). The van der Waals surface area contributed by atoms with Crippen molar-refractivity contribution >= 4 is 5.91 Å². The molecule has 0 radical (unpaired) electrons. The fourth-order valence-electron chi connectivity index (χ4n) is 2.79. The van der Waals surface area contributed by atoms with Gasteiger partial charge in [0, 0.05) is 5.92 Å². The third-order valence-electron chi connectivity index (χ3n) is 3.92. The Hall–Kier alpha value is -0.710. The first kappa shape index (κ1) is 16.3. The van der Waals surface area contributed by atoms with Crippen molar-refractivity contribution in [2.24, 2.45) is 17.6 Å². The summed E-state index contributed by atoms with van der Waals surface area (Å²) < 4.78 is 26.1. The van der Waals surface area contributed by atoms with E-state index in [1.165, 1.54) is 25.7 Å². The summed E-state index contributed by atoms with van der Waals surface area (Å²) in [4.78, 5) is 12.0. The average Bonchev–Trinajstić information content (AvgIpc) is 2.88. The molecule has 1 saturated carbocycles. The lowest BCUT2D eigenvalue weighted by Gasteiger charge is -2.21. The Bertz CT molecular complexity index is 279. The molecule has 19 heavy (non-hydrogen) atoms. The predicted molar refractivity (Wildman–Crippen MR) is 72.0 cm³/mol. The van der Waals surface area contributed by atoms with Crippen molar-refractivity contribution in [3.8, 4) is 0 Å². The highest BCUT2D eigenvalue weighted by Crippen LogP contribution is 2.31. The van der Waals surface area contributed by atoms with E-state index < -0.39 is 19.0 Å². The van der Waals surface area contributed by atoms with Gasteiger partial charge in [-0.05, 0) is 18.8 Å². The Labute approximate surface area is 114 Å². The minimum Gasteiger partial charge on any atom is -0.350 e. The lowest BCUT2D eigenvalue weighted by Crippen LogP contribution is -2.43. The van der Waals surface area contributed by atoms with Crippen molar-refractivity contribution in [2.75, 3.05) is 13.1 Å². The van der Waals surface area contributed by atoms with Gasteiger partial charge in [-0.15, -0.1) is 0 Å². The second kappa shape index (κ2) is 7.78. The number of hydrogen-bond donors (Lipinski definition) is 2. The molecule has 0 heterocycles. The van der Waals surface area contributed by atoms with Gasteiger partial charge in [-0.3, -0.25) is 4.79 Å². The van der Waals surface area contributed by atoms with Crippen LogP contribution in [0.3, 0.4) is 0 Å². The van der Waals surface area contributed by atoms with Crippen LogP contribution in [0.4, 0.5) is 8.78 Å². The maximum Gasteiger partial charge on any atom is 0.277 e. The first-order valence-electron chi connectivity index (χ1n) is 7.34. The molecule has 0 aromatic carbocycles. The largest absolute Gasteiger partial charge is 0.350 e. The van der Waals surface area contributed by atoms with Gasteiger partial charge < -0.3 is 11.1 Å². The third kappa shape index (κ3) is 5.85. The lowest BCUT2D eigenvalue weighted by molar-refractivity contribution is -0.127. The molecule has 1 rings (SSSR count). The van der Waals surface area contributed by atoms with Crippen LogP contribution in [0, 0.1) is 11.8 Å². The van der Waals surface area contributed by atoms with E-state index in [2.05, 4.69) is 5.32 Å². The molecule has 1 aliphatic rings. The Morgan fingerprint density at radius 3 is 2.58 bits per heavy atom. The number of carbonyl (C=O) groups is 1. The zero-order chi connectivity index (χ0) is 14.3. The second-order valence-corrected chi connectivity index (χ2v) is 5.65. The molecule has 0 spiro atoms. The van der Waals surface area contributed by atoms with E-state index in [1.807, 2.05) is 6.92 Å². The van der Waals surface area contributed by atoms with Crippen molar-refractivity contribution in [1.29, 1.82) is 0 Å². The zero-order valence-corrected chi connectivity index (χ0v) is 11.8. The maximum absolute atomic E-state index is 13.0. The molecule has 1 aliphatic carbocycles. The van der Waals surface area contributed by atoms with E-state index >= 15 is 0 Å². The highest BCUT2D eigenvalue weighted by Gasteiger charge is 2.30. The first-order valence-corrected chi connectivity index (χ1v) is 7.34. The summed E-state index contributed by atoms with van der Waals surface area (Å²) in [6.45, 7) is 0.644. The molecule has 1 atom stereocenters. The van der Waals surface area contributed by atoms with Crippen LogP contribution in [0.25, 0.3) is 0 Å². The Morgan fingerprint density at radius 1 is 1.42 bits per heavy atom. The summed E-state index contributed by atoms with van der Waals surface area (Å²) in [5, 5.41) is 2.36. The van der Waals surface area contributed by atoms with Gasteiger partial charge in [0.2, 0.25) is 5.91 Å². The summed E-state index contributed by atoms with van der Waals surface area (Å²) >= 11 is 0. The van der Waals surface area contributed by atoms with E-state index in [1.54, 1.807) is 0 Å². The van der Waals surface area contributed by atoms with Gasteiger partial charge in [-0.25, -0.2) is 8.78 Å². The fraction of sp³-hybridized carbons (Fsp3) is 0.929. The Kier molecular flexibility index (Phi) is 6.69. The molecular formula is C14H26F2N2O. The molecule has 0 aliphatic heterocycles. The van der Waals surface area contributed by atoms with Gasteiger partial charge in [-0.2, -0.15) is 0 Å². The average molecular weight is 276 g/mol. The van der Waals surface area contributed by atoms with Gasteiger partial charge in [0.05, 0.1) is 13.1 Å². The Balaban J connectivity index is 2.42. The summed E-state index contributed by atoms with van der Waals surface area (Å²) in [7, 11) is 0. The second-order valence-electron chi connectivity index (χ2n) is 5.65. The van der Waals surface area contributed by atoms with Crippen LogP contribution in [0.15, 0.2) is 0 Å². The monoisotopic (exact) mass is 276 g/mol. The SMILES string of the molecule is CCCC(CC1CCCC1)C(=O)NCC(F)(F)CN. The fourth-order valence-corrected chi connectivity index (χ4v) is 2.79. The molecule has 3 nitrogen and oxygen atoms in total. The van der Waals surface area contributed by atoms with Crippen LogP contribution in [0.5, 0.6) is 0 Å². The summed E-state index contributed by atoms with van der Waals surface area (Å²) in [5.74, 6) is -2.76. The van der Waals surface area contributed by atoms with Gasteiger partial charge in [0.1, 0.15) is 0 Å². The van der Waals surface area contributed by atoms with Crippen molar-refractivity contribution < 1.29 is 13.6 Å². The maximum atomic E-state index is 13.0. The topological polar surface area (TPSA) is 55.1 Å². The van der Waals surface area contributed by atoms with E-state index in [4.69, 9.17) is 5.73 Å². The number of nitrogens with one attached hydrogen (secondary N) is 1. The molecule has 3 N–H and O–H groups in total. The number of rotatable bonds is 8. The molecule has 0 saturated heterocycles. The highest BCUT2D eigenvalue weighted by molar-refractivity contribution is 5.78. The number of hydrogen-bond acceptors (Lipinski definition) is 2. The smallest absolute Gasteiger partial charge is 0.277 e. The van der Waals surface area contributed by atoms with Crippen molar-refractivity contribution in [2.45, 2.75) is 57.8 Å². The summed E-state index contributed by atoms with van der Waals surface area (Å²) in [6, 6.07) is 0.